The number of nitrogens with zero attached hydrogens (tertiary/aromatic N) is 4. The second kappa shape index (κ2) is 8.23. The Labute approximate surface area is 198 Å². The van der Waals surface area contributed by atoms with Crippen LogP contribution >= 0.6 is 0 Å². The van der Waals surface area contributed by atoms with Crippen molar-refractivity contribution in [2.45, 2.75) is 0 Å². The minimum atomic E-state index is 0.412. The Bertz CT molecular complexity index is 1490. The fraction of sp³-hybridized carbons (Fsp3) is 0. The van der Waals surface area contributed by atoms with Gasteiger partial charge in [-0.25, -0.2) is 4.98 Å². The molecule has 1 aliphatic rings. The second-order valence-electron chi connectivity index (χ2n) is 8.08. The molecular formula is C30H20N4. The van der Waals surface area contributed by atoms with E-state index in [1.165, 1.54) is 0 Å². The topological polar surface area (TPSA) is 43.2 Å². The number of nitriles is 1. The summed E-state index contributed by atoms with van der Waals surface area (Å²) in [4.78, 5) is 8.73. The van der Waals surface area contributed by atoms with Gasteiger partial charge < -0.3 is 9.80 Å². The van der Waals surface area contributed by atoms with Crippen molar-refractivity contribution in [1.29, 1.82) is 5.26 Å². The third kappa shape index (κ3) is 3.28. The van der Waals surface area contributed by atoms with Crippen molar-refractivity contribution in [2.75, 3.05) is 9.80 Å². The molecule has 0 saturated heterocycles. The van der Waals surface area contributed by atoms with Crippen LogP contribution in [-0.2, 0) is 0 Å². The third-order valence-electron chi connectivity index (χ3n) is 6.05. The molecule has 4 aromatic carbocycles. The van der Waals surface area contributed by atoms with Gasteiger partial charge in [0, 0.05) is 17.6 Å². The van der Waals surface area contributed by atoms with E-state index in [4.69, 9.17) is 0 Å². The molecule has 0 atom stereocenters. The Morgan fingerprint density at radius 2 is 1.06 bits per heavy atom. The predicted molar refractivity (Wildman–Crippen MR) is 137 cm³/mol. The molecule has 2 heterocycles. The van der Waals surface area contributed by atoms with E-state index in [0.29, 0.717) is 5.69 Å². The Balaban J connectivity index is 1.54. The average Bonchev–Trinajstić information content (AvgIpc) is 2.92. The highest BCUT2D eigenvalue weighted by Gasteiger charge is 2.29. The molecule has 0 saturated carbocycles. The van der Waals surface area contributed by atoms with Crippen molar-refractivity contribution in [2.24, 2.45) is 0 Å². The quantitative estimate of drug-likeness (QED) is 0.283. The summed E-state index contributed by atoms with van der Waals surface area (Å²) in [5.74, 6) is 0. The van der Waals surface area contributed by atoms with Crippen LogP contribution in [0.1, 0.15) is 5.69 Å². The van der Waals surface area contributed by atoms with E-state index in [2.05, 4.69) is 118 Å². The molecule has 34 heavy (non-hydrogen) atoms. The van der Waals surface area contributed by atoms with E-state index < -0.39 is 0 Å². The van der Waals surface area contributed by atoms with Crippen molar-refractivity contribution in [3.63, 3.8) is 0 Å². The van der Waals surface area contributed by atoms with Crippen LogP contribution in [0.4, 0.5) is 34.1 Å². The van der Waals surface area contributed by atoms with Crippen LogP contribution in [0.3, 0.4) is 0 Å². The van der Waals surface area contributed by atoms with E-state index >= 15 is 0 Å². The molecule has 4 heteroatoms. The first-order valence-electron chi connectivity index (χ1n) is 11.1. The van der Waals surface area contributed by atoms with E-state index in [0.717, 1.165) is 45.3 Å². The van der Waals surface area contributed by atoms with Gasteiger partial charge in [0.05, 0.1) is 22.7 Å². The van der Waals surface area contributed by atoms with Gasteiger partial charge in [0.2, 0.25) is 0 Å². The monoisotopic (exact) mass is 436 g/mol. The minimum Gasteiger partial charge on any atom is -0.306 e. The molecule has 0 bridgehead atoms. The van der Waals surface area contributed by atoms with Crippen molar-refractivity contribution in [3.05, 3.63) is 127 Å². The summed E-state index contributed by atoms with van der Waals surface area (Å²) in [6.45, 7) is 0. The molecule has 5 aromatic rings. The van der Waals surface area contributed by atoms with Gasteiger partial charge in [-0.05, 0) is 71.8 Å². The van der Waals surface area contributed by atoms with Crippen LogP contribution in [0, 0.1) is 11.3 Å². The molecule has 4 nitrogen and oxygen atoms in total. The van der Waals surface area contributed by atoms with E-state index in [-0.39, 0.29) is 0 Å². The van der Waals surface area contributed by atoms with Crippen LogP contribution in [0.15, 0.2) is 121 Å². The SMILES string of the molecule is N#Cc1cc(-c2cccc(N3c4ccccc4N(c4ccccc4)c4ccccc43)c2)ccn1. The lowest BCUT2D eigenvalue weighted by Gasteiger charge is -2.40. The fourth-order valence-corrected chi connectivity index (χ4v) is 4.57. The summed E-state index contributed by atoms with van der Waals surface area (Å²) in [6, 6.07) is 41.8. The molecule has 0 unspecified atom stereocenters. The van der Waals surface area contributed by atoms with E-state index in [1.54, 1.807) is 6.20 Å². The number of para-hydroxylation sites is 5. The maximum Gasteiger partial charge on any atom is 0.141 e. The molecule has 0 radical (unpaired) electrons. The zero-order valence-electron chi connectivity index (χ0n) is 18.3. The van der Waals surface area contributed by atoms with Gasteiger partial charge in [-0.15, -0.1) is 0 Å². The van der Waals surface area contributed by atoms with E-state index in [9.17, 15) is 5.26 Å². The standard InChI is InChI=1S/C30H20N4/c31-21-24-19-23(17-18-32-24)22-9-8-12-26(20-22)34-29-15-6-4-13-27(29)33(25-10-2-1-3-11-25)28-14-5-7-16-30(28)34/h1-20H. The number of hydrogen-bond acceptors (Lipinski definition) is 4. The van der Waals surface area contributed by atoms with E-state index in [1.807, 2.05) is 18.2 Å². The smallest absolute Gasteiger partial charge is 0.141 e. The zero-order valence-corrected chi connectivity index (χ0v) is 18.3. The molecule has 0 fully saturated rings. The fourth-order valence-electron chi connectivity index (χ4n) is 4.57. The van der Waals surface area contributed by atoms with Gasteiger partial charge in [-0.1, -0.05) is 54.6 Å². The maximum absolute atomic E-state index is 9.28. The summed E-state index contributed by atoms with van der Waals surface area (Å²) in [6.07, 6.45) is 1.68. The van der Waals surface area contributed by atoms with Gasteiger partial charge in [-0.3, -0.25) is 0 Å². The molecule has 1 aromatic heterocycles. The molecule has 0 amide bonds. The van der Waals surface area contributed by atoms with Gasteiger partial charge in [0.15, 0.2) is 0 Å². The molecule has 0 spiro atoms. The number of benzene rings is 4. The van der Waals surface area contributed by atoms with Crippen LogP contribution in [0.25, 0.3) is 11.1 Å². The Hall–Kier alpha value is -4.88. The van der Waals surface area contributed by atoms with Gasteiger partial charge in [-0.2, -0.15) is 5.26 Å². The highest BCUT2D eigenvalue weighted by Crippen LogP contribution is 2.53. The largest absolute Gasteiger partial charge is 0.306 e. The highest BCUT2D eigenvalue weighted by atomic mass is 15.3. The highest BCUT2D eigenvalue weighted by molar-refractivity contribution is 6.01. The van der Waals surface area contributed by atoms with Crippen LogP contribution in [-0.4, -0.2) is 4.98 Å². The molecule has 6 rings (SSSR count). The van der Waals surface area contributed by atoms with Crippen molar-refractivity contribution in [3.8, 4) is 17.2 Å². The Morgan fingerprint density at radius 3 is 1.68 bits per heavy atom. The lowest BCUT2D eigenvalue weighted by Crippen LogP contribution is -2.23. The Morgan fingerprint density at radius 1 is 0.529 bits per heavy atom. The van der Waals surface area contributed by atoms with Crippen LogP contribution < -0.4 is 9.80 Å². The first kappa shape index (κ1) is 19.8. The molecule has 0 aliphatic carbocycles. The van der Waals surface area contributed by atoms with Crippen LogP contribution in [0.5, 0.6) is 0 Å². The average molecular weight is 437 g/mol. The van der Waals surface area contributed by atoms with Crippen molar-refractivity contribution < 1.29 is 0 Å². The minimum absolute atomic E-state index is 0.412. The molecule has 1 aliphatic heterocycles. The van der Waals surface area contributed by atoms with Gasteiger partial charge >= 0.3 is 0 Å². The molecule has 160 valence electrons. The second-order valence-corrected chi connectivity index (χ2v) is 8.08. The summed E-state index contributed by atoms with van der Waals surface area (Å²) in [5, 5.41) is 9.28. The number of anilines is 6. The van der Waals surface area contributed by atoms with Crippen LogP contribution in [0.2, 0.25) is 0 Å². The normalized spacial score (nSPS) is 12.0. The first-order chi connectivity index (χ1) is 16.8. The lowest BCUT2D eigenvalue weighted by atomic mass is 10.0. The zero-order chi connectivity index (χ0) is 22.9. The summed E-state index contributed by atoms with van der Waals surface area (Å²) < 4.78 is 0. The number of aromatic nitrogens is 1. The Kier molecular flexibility index (Phi) is 4.79. The molecular weight excluding hydrogens is 416 g/mol. The number of pyridine rings is 1. The summed E-state index contributed by atoms with van der Waals surface area (Å²) in [7, 11) is 0. The van der Waals surface area contributed by atoms with Crippen molar-refractivity contribution >= 4 is 34.1 Å². The van der Waals surface area contributed by atoms with Gasteiger partial charge in [0.1, 0.15) is 11.8 Å². The number of fused-ring (bicyclic) bond motifs is 2. The van der Waals surface area contributed by atoms with Crippen molar-refractivity contribution in [1.82, 2.24) is 4.98 Å². The number of rotatable bonds is 3. The summed E-state index contributed by atoms with van der Waals surface area (Å²) in [5.41, 5.74) is 9.05. The van der Waals surface area contributed by atoms with Gasteiger partial charge in [0.25, 0.3) is 0 Å². The third-order valence-corrected chi connectivity index (χ3v) is 6.05. The predicted octanol–water partition coefficient (Wildman–Crippen LogP) is 7.87. The summed E-state index contributed by atoms with van der Waals surface area (Å²) >= 11 is 0. The first-order valence-corrected chi connectivity index (χ1v) is 11.1. The maximum atomic E-state index is 9.28. The molecule has 0 N–H and O–H groups in total. The lowest BCUT2D eigenvalue weighted by molar-refractivity contribution is 1.17. The number of hydrogen-bond donors (Lipinski definition) is 0.